The first-order chi connectivity index (χ1) is 12.0. The van der Waals surface area contributed by atoms with Crippen LogP contribution in [0.15, 0.2) is 36.4 Å². The average Bonchev–Trinajstić information content (AvgIpc) is 2.58. The molecule has 1 atom stereocenters. The second kappa shape index (κ2) is 7.14. The third-order valence-electron chi connectivity index (χ3n) is 4.35. The standard InChI is InChI=1S/C21H16F4/c1-2-3-13-4-6-15-11-16(18(22)12-17(15)8-13)7-5-14-9-19(23)21(25)20(24)10-14/h2-3,9-13H,4,6,8H2,1H3. The lowest BCUT2D eigenvalue weighted by Gasteiger charge is -2.22. The Morgan fingerprint density at radius 2 is 1.64 bits per heavy atom. The van der Waals surface area contributed by atoms with Gasteiger partial charge in [0, 0.05) is 5.56 Å². The van der Waals surface area contributed by atoms with Crippen LogP contribution >= 0.6 is 0 Å². The highest BCUT2D eigenvalue weighted by Gasteiger charge is 2.18. The topological polar surface area (TPSA) is 0 Å². The minimum atomic E-state index is -1.54. The lowest BCUT2D eigenvalue weighted by Crippen LogP contribution is -2.13. The summed E-state index contributed by atoms with van der Waals surface area (Å²) in [5, 5.41) is 0. The second-order valence-corrected chi connectivity index (χ2v) is 6.13. The van der Waals surface area contributed by atoms with Gasteiger partial charge in [0.05, 0.1) is 5.56 Å². The minimum absolute atomic E-state index is 0.0401. The summed E-state index contributed by atoms with van der Waals surface area (Å²) in [7, 11) is 0. The molecular weight excluding hydrogens is 328 g/mol. The zero-order chi connectivity index (χ0) is 18.0. The molecule has 1 aliphatic carbocycles. The summed E-state index contributed by atoms with van der Waals surface area (Å²) in [4.78, 5) is 0. The van der Waals surface area contributed by atoms with Gasteiger partial charge in [-0.1, -0.05) is 24.0 Å². The van der Waals surface area contributed by atoms with Crippen molar-refractivity contribution in [2.24, 2.45) is 5.92 Å². The van der Waals surface area contributed by atoms with Crippen molar-refractivity contribution in [2.75, 3.05) is 0 Å². The van der Waals surface area contributed by atoms with E-state index in [0.29, 0.717) is 5.92 Å². The quantitative estimate of drug-likeness (QED) is 0.284. The summed E-state index contributed by atoms with van der Waals surface area (Å²) >= 11 is 0. The highest BCUT2D eigenvalue weighted by atomic mass is 19.2. The monoisotopic (exact) mass is 344 g/mol. The maximum atomic E-state index is 14.3. The van der Waals surface area contributed by atoms with Gasteiger partial charge in [-0.05, 0) is 67.5 Å². The van der Waals surface area contributed by atoms with Crippen molar-refractivity contribution in [3.8, 4) is 11.8 Å². The minimum Gasteiger partial charge on any atom is -0.206 e. The predicted molar refractivity (Wildman–Crippen MR) is 89.0 cm³/mol. The SMILES string of the molecule is CC=CC1CCc2cc(C#Cc3cc(F)c(F)c(F)c3)c(F)cc2C1. The molecule has 0 spiro atoms. The van der Waals surface area contributed by atoms with Crippen molar-refractivity contribution >= 4 is 0 Å². The van der Waals surface area contributed by atoms with E-state index in [-0.39, 0.29) is 11.1 Å². The van der Waals surface area contributed by atoms with Gasteiger partial charge in [0.2, 0.25) is 0 Å². The Labute approximate surface area is 144 Å². The van der Waals surface area contributed by atoms with Crippen LogP contribution in [-0.2, 0) is 12.8 Å². The van der Waals surface area contributed by atoms with Crippen LogP contribution in [0, 0.1) is 41.0 Å². The summed E-state index contributed by atoms with van der Waals surface area (Å²) in [6.45, 7) is 1.97. The van der Waals surface area contributed by atoms with Crippen molar-refractivity contribution in [1.82, 2.24) is 0 Å². The molecule has 0 amide bonds. The van der Waals surface area contributed by atoms with Crippen LogP contribution in [0.25, 0.3) is 0 Å². The molecule has 2 aromatic rings. The molecule has 0 nitrogen and oxygen atoms in total. The molecule has 128 valence electrons. The normalized spacial score (nSPS) is 16.4. The summed E-state index contributed by atoms with van der Waals surface area (Å²) in [6.07, 6.45) is 6.75. The third-order valence-corrected chi connectivity index (χ3v) is 4.35. The average molecular weight is 344 g/mol. The number of allylic oxidation sites excluding steroid dienone is 2. The first kappa shape index (κ1) is 17.3. The fourth-order valence-electron chi connectivity index (χ4n) is 3.11. The van der Waals surface area contributed by atoms with E-state index >= 15 is 0 Å². The first-order valence-electron chi connectivity index (χ1n) is 8.08. The fraction of sp³-hybridized carbons (Fsp3) is 0.238. The van der Waals surface area contributed by atoms with Crippen molar-refractivity contribution in [3.63, 3.8) is 0 Å². The van der Waals surface area contributed by atoms with E-state index in [4.69, 9.17) is 0 Å². The van der Waals surface area contributed by atoms with Crippen molar-refractivity contribution in [1.29, 1.82) is 0 Å². The van der Waals surface area contributed by atoms with Gasteiger partial charge in [-0.2, -0.15) is 0 Å². The molecule has 25 heavy (non-hydrogen) atoms. The zero-order valence-electron chi connectivity index (χ0n) is 13.7. The van der Waals surface area contributed by atoms with Crippen molar-refractivity contribution in [2.45, 2.75) is 26.2 Å². The van der Waals surface area contributed by atoms with Gasteiger partial charge in [-0.25, -0.2) is 17.6 Å². The molecule has 0 fully saturated rings. The Kier molecular flexibility index (Phi) is 4.94. The largest absolute Gasteiger partial charge is 0.206 e. The Morgan fingerprint density at radius 3 is 2.32 bits per heavy atom. The van der Waals surface area contributed by atoms with E-state index < -0.39 is 23.3 Å². The molecule has 0 saturated carbocycles. The molecule has 0 bridgehead atoms. The lowest BCUT2D eigenvalue weighted by molar-refractivity contribution is 0.446. The van der Waals surface area contributed by atoms with E-state index in [1.54, 1.807) is 6.07 Å². The molecule has 0 N–H and O–H groups in total. The molecular formula is C21H16F4. The Morgan fingerprint density at radius 1 is 0.920 bits per heavy atom. The molecule has 0 saturated heterocycles. The van der Waals surface area contributed by atoms with Crippen LogP contribution in [0.4, 0.5) is 17.6 Å². The Bertz CT molecular complexity index is 877. The summed E-state index contributed by atoms with van der Waals surface area (Å²) < 4.78 is 53.7. The molecule has 0 heterocycles. The Hall–Kier alpha value is -2.54. The molecule has 1 aliphatic rings. The highest BCUT2D eigenvalue weighted by Crippen LogP contribution is 2.28. The smallest absolute Gasteiger partial charge is 0.194 e. The van der Waals surface area contributed by atoms with Crippen LogP contribution in [0.3, 0.4) is 0 Å². The molecule has 4 heteroatoms. The number of benzene rings is 2. The Balaban J connectivity index is 1.91. The highest BCUT2D eigenvalue weighted by molar-refractivity contribution is 5.47. The maximum Gasteiger partial charge on any atom is 0.194 e. The van der Waals surface area contributed by atoms with Gasteiger partial charge in [0.1, 0.15) is 5.82 Å². The first-order valence-corrected chi connectivity index (χ1v) is 8.08. The van der Waals surface area contributed by atoms with E-state index in [1.165, 1.54) is 6.07 Å². The van der Waals surface area contributed by atoms with Crippen molar-refractivity contribution < 1.29 is 17.6 Å². The molecule has 1 unspecified atom stereocenters. The van der Waals surface area contributed by atoms with Crippen LogP contribution in [0.2, 0.25) is 0 Å². The van der Waals surface area contributed by atoms with Crippen LogP contribution in [0.1, 0.15) is 35.6 Å². The van der Waals surface area contributed by atoms with E-state index in [2.05, 4.69) is 17.9 Å². The zero-order valence-corrected chi connectivity index (χ0v) is 13.7. The van der Waals surface area contributed by atoms with Gasteiger partial charge >= 0.3 is 0 Å². The molecule has 0 aromatic heterocycles. The number of halogens is 4. The van der Waals surface area contributed by atoms with E-state index in [1.807, 2.05) is 13.0 Å². The van der Waals surface area contributed by atoms with Crippen LogP contribution < -0.4 is 0 Å². The maximum absolute atomic E-state index is 14.3. The van der Waals surface area contributed by atoms with Crippen LogP contribution in [-0.4, -0.2) is 0 Å². The lowest BCUT2D eigenvalue weighted by atomic mass is 9.83. The van der Waals surface area contributed by atoms with Gasteiger partial charge < -0.3 is 0 Å². The second-order valence-electron chi connectivity index (χ2n) is 6.13. The molecule has 0 aliphatic heterocycles. The number of hydrogen-bond acceptors (Lipinski definition) is 0. The molecule has 3 rings (SSSR count). The number of rotatable bonds is 1. The van der Waals surface area contributed by atoms with Crippen molar-refractivity contribution in [3.05, 3.63) is 81.9 Å². The predicted octanol–water partition coefficient (Wildman–Crippen LogP) is 5.32. The van der Waals surface area contributed by atoms with Crippen LogP contribution in [0.5, 0.6) is 0 Å². The van der Waals surface area contributed by atoms with Gasteiger partial charge in [0.15, 0.2) is 17.5 Å². The number of hydrogen-bond donors (Lipinski definition) is 0. The fourth-order valence-corrected chi connectivity index (χ4v) is 3.11. The molecule has 0 radical (unpaired) electrons. The summed E-state index contributed by atoms with van der Waals surface area (Å²) in [5.41, 5.74) is 2.15. The van der Waals surface area contributed by atoms with Gasteiger partial charge in [0.25, 0.3) is 0 Å². The summed E-state index contributed by atoms with van der Waals surface area (Å²) in [6, 6.07) is 4.77. The van der Waals surface area contributed by atoms with E-state index in [0.717, 1.165) is 42.5 Å². The van der Waals surface area contributed by atoms with E-state index in [9.17, 15) is 17.6 Å². The van der Waals surface area contributed by atoms with Gasteiger partial charge in [-0.15, -0.1) is 0 Å². The summed E-state index contributed by atoms with van der Waals surface area (Å²) in [5.74, 6) is 0.877. The third kappa shape index (κ3) is 3.76. The molecule has 2 aromatic carbocycles. The van der Waals surface area contributed by atoms with Gasteiger partial charge in [-0.3, -0.25) is 0 Å². The number of fused-ring (bicyclic) bond motifs is 1. The number of aryl methyl sites for hydroxylation is 1.